The summed E-state index contributed by atoms with van der Waals surface area (Å²) in [5, 5.41) is 0.799. The number of rotatable bonds is 1. The van der Waals surface area contributed by atoms with Crippen molar-refractivity contribution in [3.05, 3.63) is 24.3 Å². The highest BCUT2D eigenvalue weighted by atomic mass is 16.5. The third kappa shape index (κ3) is 1.94. The molecule has 6 heteroatoms. The van der Waals surface area contributed by atoms with E-state index in [0.29, 0.717) is 11.3 Å². The van der Waals surface area contributed by atoms with E-state index in [-0.39, 0.29) is 17.4 Å². The number of nitrogens with zero attached hydrogens (tertiary/aromatic N) is 3. The molecule has 2 fully saturated rings. The summed E-state index contributed by atoms with van der Waals surface area (Å²) in [4.78, 5) is 26.4. The first kappa shape index (κ1) is 13.7. The fourth-order valence-corrected chi connectivity index (χ4v) is 3.98. The van der Waals surface area contributed by atoms with Crippen LogP contribution in [-0.2, 0) is 4.74 Å². The number of ether oxygens (including phenoxy) is 1. The van der Waals surface area contributed by atoms with E-state index in [4.69, 9.17) is 4.74 Å². The van der Waals surface area contributed by atoms with E-state index >= 15 is 0 Å². The zero-order valence-corrected chi connectivity index (χ0v) is 12.7. The number of nitrogens with one attached hydrogen (secondary N) is 1. The summed E-state index contributed by atoms with van der Waals surface area (Å²) in [6.07, 6.45) is 6.40. The van der Waals surface area contributed by atoms with Crippen molar-refractivity contribution < 1.29 is 9.53 Å². The normalized spacial score (nSPS) is 24.2. The number of aromatic nitrogens is 3. The van der Waals surface area contributed by atoms with Gasteiger partial charge in [-0.2, -0.15) is 0 Å². The van der Waals surface area contributed by atoms with Gasteiger partial charge in [-0.05, 0) is 37.7 Å². The number of fused-ring (bicyclic) bond motifs is 1. The number of hydrogen-bond acceptors (Lipinski definition) is 4. The highest BCUT2D eigenvalue weighted by Gasteiger charge is 2.47. The van der Waals surface area contributed by atoms with E-state index < -0.39 is 0 Å². The molecule has 0 radical (unpaired) electrons. The number of carbonyl (C=O) groups is 1. The molecule has 2 aliphatic heterocycles. The number of hydrogen-bond donors (Lipinski definition) is 1. The number of likely N-dealkylation sites (tertiary alicyclic amines) is 1. The van der Waals surface area contributed by atoms with Gasteiger partial charge in [-0.1, -0.05) is 0 Å². The minimum atomic E-state index is 0.0165. The predicted molar refractivity (Wildman–Crippen MR) is 81.5 cm³/mol. The van der Waals surface area contributed by atoms with Crippen LogP contribution in [0.15, 0.2) is 18.6 Å². The monoisotopic (exact) mass is 300 g/mol. The Morgan fingerprint density at radius 1 is 1.36 bits per heavy atom. The van der Waals surface area contributed by atoms with Gasteiger partial charge in [0, 0.05) is 32.0 Å². The van der Waals surface area contributed by atoms with E-state index in [9.17, 15) is 4.79 Å². The van der Waals surface area contributed by atoms with Crippen LogP contribution >= 0.6 is 0 Å². The first-order chi connectivity index (χ1) is 10.7. The minimum absolute atomic E-state index is 0.0165. The summed E-state index contributed by atoms with van der Waals surface area (Å²) in [6, 6.07) is 2.10. The van der Waals surface area contributed by atoms with Gasteiger partial charge in [0.15, 0.2) is 0 Å². The maximum Gasteiger partial charge on any atom is 0.273 e. The Kier molecular flexibility index (Phi) is 3.14. The van der Waals surface area contributed by atoms with Crippen molar-refractivity contribution in [3.63, 3.8) is 0 Å². The first-order valence-electron chi connectivity index (χ1n) is 7.88. The molecule has 116 valence electrons. The van der Waals surface area contributed by atoms with Gasteiger partial charge in [0.2, 0.25) is 0 Å². The smallest absolute Gasteiger partial charge is 0.273 e. The molecule has 1 N–H and O–H groups in total. The lowest BCUT2D eigenvalue weighted by Gasteiger charge is -2.38. The van der Waals surface area contributed by atoms with Crippen LogP contribution in [-0.4, -0.2) is 51.6 Å². The predicted octanol–water partition coefficient (Wildman–Crippen LogP) is 1.99. The number of carbonyl (C=O) groups excluding carboxylic acids is 1. The molecular weight excluding hydrogens is 280 g/mol. The Morgan fingerprint density at radius 2 is 2.18 bits per heavy atom. The second-order valence-corrected chi connectivity index (χ2v) is 6.36. The average molecular weight is 300 g/mol. The van der Waals surface area contributed by atoms with Crippen molar-refractivity contribution in [1.82, 2.24) is 19.9 Å². The van der Waals surface area contributed by atoms with E-state index in [1.807, 2.05) is 11.0 Å². The molecule has 1 unspecified atom stereocenters. The maximum absolute atomic E-state index is 13.0. The van der Waals surface area contributed by atoms with Crippen LogP contribution in [0.5, 0.6) is 0 Å². The second kappa shape index (κ2) is 5.05. The van der Waals surface area contributed by atoms with Crippen LogP contribution < -0.4 is 0 Å². The molecule has 4 rings (SSSR count). The van der Waals surface area contributed by atoms with Crippen LogP contribution in [0.1, 0.15) is 36.7 Å². The van der Waals surface area contributed by atoms with Gasteiger partial charge < -0.3 is 14.6 Å². The van der Waals surface area contributed by atoms with Gasteiger partial charge in [0.05, 0.1) is 5.39 Å². The highest BCUT2D eigenvalue weighted by molar-refractivity contribution is 6.03. The molecule has 2 aromatic rings. The molecule has 0 aliphatic carbocycles. The molecule has 2 aromatic heterocycles. The van der Waals surface area contributed by atoms with E-state index in [1.54, 1.807) is 6.20 Å². The Balaban J connectivity index is 1.65. The summed E-state index contributed by atoms with van der Waals surface area (Å²) in [5.41, 5.74) is 1.44. The fraction of sp³-hybridized carbons (Fsp3) is 0.562. The zero-order valence-electron chi connectivity index (χ0n) is 12.7. The van der Waals surface area contributed by atoms with Crippen molar-refractivity contribution in [1.29, 1.82) is 0 Å². The van der Waals surface area contributed by atoms with Crippen LogP contribution in [0.3, 0.4) is 0 Å². The van der Waals surface area contributed by atoms with Crippen LogP contribution in [0.4, 0.5) is 0 Å². The molecule has 1 amide bonds. The number of amides is 1. The molecule has 0 aromatic carbocycles. The minimum Gasteiger partial charge on any atom is -0.381 e. The third-order valence-electron chi connectivity index (χ3n) is 5.51. The van der Waals surface area contributed by atoms with E-state index in [1.165, 1.54) is 6.33 Å². The van der Waals surface area contributed by atoms with Crippen LogP contribution in [0.25, 0.3) is 11.0 Å². The zero-order chi connectivity index (χ0) is 15.2. The van der Waals surface area contributed by atoms with Gasteiger partial charge in [0.25, 0.3) is 5.91 Å². The van der Waals surface area contributed by atoms with Crippen LogP contribution in [0, 0.1) is 5.41 Å². The molecule has 2 saturated heterocycles. The third-order valence-corrected chi connectivity index (χ3v) is 5.51. The second-order valence-electron chi connectivity index (χ2n) is 6.36. The van der Waals surface area contributed by atoms with Gasteiger partial charge >= 0.3 is 0 Å². The summed E-state index contributed by atoms with van der Waals surface area (Å²) in [7, 11) is 0. The topological polar surface area (TPSA) is 71.1 Å². The van der Waals surface area contributed by atoms with E-state index in [0.717, 1.165) is 44.4 Å². The first-order valence-corrected chi connectivity index (χ1v) is 7.88. The van der Waals surface area contributed by atoms with Crippen molar-refractivity contribution >= 4 is 16.9 Å². The van der Waals surface area contributed by atoms with Crippen LogP contribution in [0.2, 0.25) is 0 Å². The molecule has 6 nitrogen and oxygen atoms in total. The highest BCUT2D eigenvalue weighted by Crippen LogP contribution is 2.45. The molecule has 0 saturated carbocycles. The van der Waals surface area contributed by atoms with Crippen molar-refractivity contribution in [2.75, 3.05) is 19.8 Å². The average Bonchev–Trinajstić information content (AvgIpc) is 3.14. The molecule has 1 atom stereocenters. The van der Waals surface area contributed by atoms with Gasteiger partial charge in [-0.25, -0.2) is 9.97 Å². The summed E-state index contributed by atoms with van der Waals surface area (Å²) in [5.74, 6) is 0.0165. The van der Waals surface area contributed by atoms with Crippen molar-refractivity contribution in [2.45, 2.75) is 32.2 Å². The Labute approximate surface area is 128 Å². The summed E-state index contributed by atoms with van der Waals surface area (Å²) < 4.78 is 5.50. The summed E-state index contributed by atoms with van der Waals surface area (Å²) >= 11 is 0. The van der Waals surface area contributed by atoms with Crippen molar-refractivity contribution in [3.8, 4) is 0 Å². The molecular formula is C16H20N4O2. The molecule has 22 heavy (non-hydrogen) atoms. The largest absolute Gasteiger partial charge is 0.381 e. The number of H-pyrrole nitrogens is 1. The van der Waals surface area contributed by atoms with Gasteiger partial charge in [0.1, 0.15) is 17.7 Å². The SMILES string of the molecule is CC1N(C(=O)c2ncnc3[nH]ccc23)CCC12CCOCC2. The quantitative estimate of drug-likeness (QED) is 0.874. The number of aromatic amines is 1. The lowest BCUT2D eigenvalue weighted by atomic mass is 9.74. The summed E-state index contributed by atoms with van der Waals surface area (Å²) in [6.45, 7) is 4.59. The fourth-order valence-electron chi connectivity index (χ4n) is 3.98. The standard InChI is InChI=1S/C16H20N4O2/c1-11-16(4-8-22-9-5-16)3-7-20(11)15(21)13-12-2-6-17-14(12)19-10-18-13/h2,6,10-11H,3-5,7-9H2,1H3,(H,17,18,19). The molecule has 0 bridgehead atoms. The lowest BCUT2D eigenvalue weighted by Crippen LogP contribution is -2.43. The Hall–Kier alpha value is -1.95. The Bertz CT molecular complexity index is 705. The van der Waals surface area contributed by atoms with Gasteiger partial charge in [-0.15, -0.1) is 0 Å². The molecule has 4 heterocycles. The van der Waals surface area contributed by atoms with Crippen molar-refractivity contribution in [2.24, 2.45) is 5.41 Å². The molecule has 2 aliphatic rings. The maximum atomic E-state index is 13.0. The molecule has 1 spiro atoms. The lowest BCUT2D eigenvalue weighted by molar-refractivity contribution is 0.000127. The van der Waals surface area contributed by atoms with Gasteiger partial charge in [-0.3, -0.25) is 4.79 Å². The van der Waals surface area contributed by atoms with E-state index in [2.05, 4.69) is 21.9 Å². The Morgan fingerprint density at radius 3 is 3.00 bits per heavy atom.